The Morgan fingerprint density at radius 1 is 1.07 bits per heavy atom. The maximum absolute atomic E-state index is 12.4. The van der Waals surface area contributed by atoms with Crippen LogP contribution in [0.3, 0.4) is 0 Å². The highest BCUT2D eigenvalue weighted by Crippen LogP contribution is 2.31. The van der Waals surface area contributed by atoms with Gasteiger partial charge in [-0.3, -0.25) is 10.1 Å². The molecule has 3 rings (SSSR count). The van der Waals surface area contributed by atoms with Gasteiger partial charge < -0.3 is 9.47 Å². The zero-order valence-electron chi connectivity index (χ0n) is 17.9. The van der Waals surface area contributed by atoms with Crippen molar-refractivity contribution < 1.29 is 14.3 Å². The Labute approximate surface area is 182 Å². The Morgan fingerprint density at radius 2 is 1.80 bits per heavy atom. The van der Waals surface area contributed by atoms with Crippen LogP contribution in [-0.4, -0.2) is 24.1 Å². The van der Waals surface area contributed by atoms with E-state index in [1.807, 2.05) is 53.9 Å². The van der Waals surface area contributed by atoms with Crippen LogP contribution in [0.2, 0.25) is 0 Å². The third kappa shape index (κ3) is 5.83. The highest BCUT2D eigenvalue weighted by molar-refractivity contribution is 7.14. The average Bonchev–Trinajstić information content (AvgIpc) is 3.19. The fraction of sp³-hybridized carbons (Fsp3) is 0.333. The minimum Gasteiger partial charge on any atom is -0.494 e. The molecule has 0 aliphatic carbocycles. The maximum Gasteiger partial charge on any atom is 0.264 e. The molecule has 30 heavy (non-hydrogen) atoms. The normalized spacial score (nSPS) is 11.2. The van der Waals surface area contributed by atoms with Crippen molar-refractivity contribution in [3.63, 3.8) is 0 Å². The summed E-state index contributed by atoms with van der Waals surface area (Å²) in [6.07, 6.45) is 0.975. The second kappa shape index (κ2) is 9.76. The number of benzene rings is 2. The molecule has 0 aliphatic rings. The lowest BCUT2D eigenvalue weighted by molar-refractivity contribution is -0.118. The molecule has 0 spiro atoms. The standard InChI is InChI=1S/C24H28N2O3S/c1-5-14-28-18-12-10-17(11-13-18)20-16-30-23(25-20)26-22(27)15-29-21-9-7-6-8-19(21)24(2,3)4/h6-13,16H,5,14-15H2,1-4H3,(H,25,26,27). The zero-order chi connectivity index (χ0) is 21.6. The molecule has 2 aromatic carbocycles. The number of nitrogens with zero attached hydrogens (tertiary/aromatic N) is 1. The van der Waals surface area contributed by atoms with E-state index in [9.17, 15) is 4.79 Å². The van der Waals surface area contributed by atoms with Crippen LogP contribution in [0.4, 0.5) is 5.13 Å². The molecule has 0 unspecified atom stereocenters. The molecule has 0 radical (unpaired) electrons. The summed E-state index contributed by atoms with van der Waals surface area (Å²) < 4.78 is 11.4. The van der Waals surface area contributed by atoms with Gasteiger partial charge in [-0.2, -0.15) is 0 Å². The van der Waals surface area contributed by atoms with Gasteiger partial charge in [0.25, 0.3) is 5.91 Å². The number of hydrogen-bond acceptors (Lipinski definition) is 5. The van der Waals surface area contributed by atoms with E-state index >= 15 is 0 Å². The number of aromatic nitrogens is 1. The Kier molecular flexibility index (Phi) is 7.11. The Hall–Kier alpha value is -2.86. The molecule has 0 aliphatic heterocycles. The van der Waals surface area contributed by atoms with Gasteiger partial charge in [0.1, 0.15) is 11.5 Å². The molecule has 0 fully saturated rings. The molecule has 0 bridgehead atoms. The highest BCUT2D eigenvalue weighted by atomic mass is 32.1. The molecule has 0 atom stereocenters. The molecule has 5 nitrogen and oxygen atoms in total. The predicted molar refractivity (Wildman–Crippen MR) is 123 cm³/mol. The van der Waals surface area contributed by atoms with Crippen LogP contribution in [-0.2, 0) is 10.2 Å². The number of anilines is 1. The van der Waals surface area contributed by atoms with Crippen molar-refractivity contribution in [3.05, 3.63) is 59.5 Å². The quantitative estimate of drug-likeness (QED) is 0.488. The lowest BCUT2D eigenvalue weighted by atomic mass is 9.86. The molecule has 158 valence electrons. The second-order valence-electron chi connectivity index (χ2n) is 7.99. The van der Waals surface area contributed by atoms with Gasteiger partial charge in [0.2, 0.25) is 0 Å². The molecule has 3 aromatic rings. The van der Waals surface area contributed by atoms with Crippen LogP contribution in [0.1, 0.15) is 39.7 Å². The van der Waals surface area contributed by atoms with E-state index in [2.05, 4.69) is 38.0 Å². The number of carbonyl (C=O) groups is 1. The Morgan fingerprint density at radius 3 is 2.50 bits per heavy atom. The van der Waals surface area contributed by atoms with E-state index in [0.717, 1.165) is 34.7 Å². The minimum absolute atomic E-state index is 0.0611. The first kappa shape index (κ1) is 21.8. The monoisotopic (exact) mass is 424 g/mol. The van der Waals surface area contributed by atoms with E-state index in [0.29, 0.717) is 11.7 Å². The van der Waals surface area contributed by atoms with Gasteiger partial charge in [-0.05, 0) is 47.7 Å². The van der Waals surface area contributed by atoms with E-state index < -0.39 is 0 Å². The van der Waals surface area contributed by atoms with Crippen LogP contribution < -0.4 is 14.8 Å². The SMILES string of the molecule is CCCOc1ccc(-c2csc(NC(=O)COc3ccccc3C(C)(C)C)n2)cc1. The molecule has 1 aromatic heterocycles. The van der Waals surface area contributed by atoms with Crippen LogP contribution in [0, 0.1) is 0 Å². The zero-order valence-corrected chi connectivity index (χ0v) is 18.7. The molecular weight excluding hydrogens is 396 g/mol. The summed E-state index contributed by atoms with van der Waals surface area (Å²) in [5.41, 5.74) is 2.80. The molecule has 1 amide bonds. The summed E-state index contributed by atoms with van der Waals surface area (Å²) in [5, 5.41) is 5.29. The third-order valence-electron chi connectivity index (χ3n) is 4.43. The number of amides is 1. The van der Waals surface area contributed by atoms with Gasteiger partial charge in [0.05, 0.1) is 12.3 Å². The van der Waals surface area contributed by atoms with Gasteiger partial charge in [-0.25, -0.2) is 4.98 Å². The van der Waals surface area contributed by atoms with Crippen molar-refractivity contribution in [1.82, 2.24) is 4.98 Å². The summed E-state index contributed by atoms with van der Waals surface area (Å²) in [5.74, 6) is 1.34. The number of rotatable bonds is 8. The van der Waals surface area contributed by atoms with Gasteiger partial charge in [-0.1, -0.05) is 45.9 Å². The smallest absolute Gasteiger partial charge is 0.264 e. The summed E-state index contributed by atoms with van der Waals surface area (Å²) in [6, 6.07) is 15.6. The maximum atomic E-state index is 12.4. The van der Waals surface area contributed by atoms with Crippen LogP contribution in [0.5, 0.6) is 11.5 Å². The largest absolute Gasteiger partial charge is 0.494 e. The third-order valence-corrected chi connectivity index (χ3v) is 5.19. The number of para-hydroxylation sites is 1. The van der Waals surface area contributed by atoms with Gasteiger partial charge in [-0.15, -0.1) is 11.3 Å². The summed E-state index contributed by atoms with van der Waals surface area (Å²) in [6.45, 7) is 9.08. The van der Waals surface area contributed by atoms with Gasteiger partial charge in [0.15, 0.2) is 11.7 Å². The summed E-state index contributed by atoms with van der Waals surface area (Å²) in [4.78, 5) is 16.9. The predicted octanol–water partition coefficient (Wildman–Crippen LogP) is 5.91. The number of hydrogen-bond donors (Lipinski definition) is 1. The Bertz CT molecular complexity index is 975. The second-order valence-corrected chi connectivity index (χ2v) is 8.85. The molecule has 0 saturated carbocycles. The lowest BCUT2D eigenvalue weighted by Crippen LogP contribution is -2.21. The fourth-order valence-corrected chi connectivity index (χ4v) is 3.65. The first-order chi connectivity index (χ1) is 14.4. The van der Waals surface area contributed by atoms with E-state index in [4.69, 9.17) is 9.47 Å². The van der Waals surface area contributed by atoms with Crippen LogP contribution in [0.15, 0.2) is 53.9 Å². The van der Waals surface area contributed by atoms with Crippen LogP contribution >= 0.6 is 11.3 Å². The summed E-state index contributed by atoms with van der Waals surface area (Å²) >= 11 is 1.39. The molecule has 1 heterocycles. The first-order valence-electron chi connectivity index (χ1n) is 10.1. The number of thiazole rings is 1. The van der Waals surface area contributed by atoms with Crippen molar-refractivity contribution in [2.45, 2.75) is 39.5 Å². The number of nitrogens with one attached hydrogen (secondary N) is 1. The lowest BCUT2D eigenvalue weighted by Gasteiger charge is -2.22. The van der Waals surface area contributed by atoms with Gasteiger partial charge in [0, 0.05) is 10.9 Å². The van der Waals surface area contributed by atoms with Crippen molar-refractivity contribution in [3.8, 4) is 22.8 Å². The summed E-state index contributed by atoms with van der Waals surface area (Å²) in [7, 11) is 0. The highest BCUT2D eigenvalue weighted by Gasteiger charge is 2.19. The molecule has 6 heteroatoms. The number of carbonyl (C=O) groups excluding carboxylic acids is 1. The minimum atomic E-state index is -0.233. The van der Waals surface area contributed by atoms with E-state index in [-0.39, 0.29) is 17.9 Å². The fourth-order valence-electron chi connectivity index (χ4n) is 2.92. The van der Waals surface area contributed by atoms with Crippen molar-refractivity contribution in [2.75, 3.05) is 18.5 Å². The Balaban J connectivity index is 1.58. The molecule has 1 N–H and O–H groups in total. The van der Waals surface area contributed by atoms with Gasteiger partial charge >= 0.3 is 0 Å². The van der Waals surface area contributed by atoms with Crippen molar-refractivity contribution >= 4 is 22.4 Å². The molecular formula is C24H28N2O3S. The average molecular weight is 425 g/mol. The van der Waals surface area contributed by atoms with E-state index in [1.165, 1.54) is 11.3 Å². The number of ether oxygens (including phenoxy) is 2. The molecule has 0 saturated heterocycles. The van der Waals surface area contributed by atoms with Crippen molar-refractivity contribution in [1.29, 1.82) is 0 Å². The van der Waals surface area contributed by atoms with E-state index in [1.54, 1.807) is 0 Å². The van der Waals surface area contributed by atoms with Crippen molar-refractivity contribution in [2.24, 2.45) is 0 Å². The first-order valence-corrected chi connectivity index (χ1v) is 11.0. The topological polar surface area (TPSA) is 60.5 Å². The van der Waals surface area contributed by atoms with Crippen LogP contribution in [0.25, 0.3) is 11.3 Å².